The molecule has 0 N–H and O–H groups in total. The smallest absolute Gasteiger partial charge is 0.258 e. The van der Waals surface area contributed by atoms with Gasteiger partial charge in [-0.1, -0.05) is 11.6 Å². The number of nitro groups is 1. The van der Waals surface area contributed by atoms with Crippen LogP contribution in [0.2, 0.25) is 5.15 Å². The molecule has 2 aromatic heterocycles. The summed E-state index contributed by atoms with van der Waals surface area (Å²) in [7, 11) is 0. The normalized spacial score (nSPS) is 9.95. The lowest BCUT2D eigenvalue weighted by atomic mass is 10.0. The van der Waals surface area contributed by atoms with Crippen molar-refractivity contribution in [2.45, 2.75) is 6.92 Å². The van der Waals surface area contributed by atoms with Crippen LogP contribution in [0.3, 0.4) is 0 Å². The molecule has 0 aliphatic carbocycles. The van der Waals surface area contributed by atoms with Crippen LogP contribution in [0.15, 0.2) is 24.5 Å². The van der Waals surface area contributed by atoms with Crippen molar-refractivity contribution in [1.29, 1.82) is 5.26 Å². The molecule has 0 radical (unpaired) electrons. The number of nitrogens with zero attached hydrogens (tertiary/aromatic N) is 4. The van der Waals surface area contributed by atoms with E-state index in [0.29, 0.717) is 16.8 Å². The fraction of sp³-hybridized carbons (Fsp3) is 0.0833. The third-order valence-electron chi connectivity index (χ3n) is 2.55. The van der Waals surface area contributed by atoms with E-state index in [1.807, 2.05) is 6.07 Å². The third-order valence-corrected chi connectivity index (χ3v) is 2.86. The maximum Gasteiger partial charge on any atom is 0.288 e. The molecule has 7 heteroatoms. The fourth-order valence-electron chi connectivity index (χ4n) is 1.59. The quantitative estimate of drug-likeness (QED) is 0.477. The van der Waals surface area contributed by atoms with Gasteiger partial charge in [0.25, 0.3) is 5.69 Å². The molecular formula is C12H7ClN4O2. The summed E-state index contributed by atoms with van der Waals surface area (Å²) in [6.45, 7) is 1.72. The van der Waals surface area contributed by atoms with Crippen LogP contribution in [0.4, 0.5) is 5.69 Å². The van der Waals surface area contributed by atoms with Crippen molar-refractivity contribution in [3.63, 3.8) is 0 Å². The lowest BCUT2D eigenvalue weighted by molar-refractivity contribution is -0.385. The second kappa shape index (κ2) is 5.00. The van der Waals surface area contributed by atoms with Crippen LogP contribution in [0, 0.1) is 28.4 Å². The summed E-state index contributed by atoms with van der Waals surface area (Å²) in [4.78, 5) is 18.1. The van der Waals surface area contributed by atoms with Gasteiger partial charge in [0.15, 0.2) is 0 Å². The topological polar surface area (TPSA) is 92.7 Å². The molecular weight excluding hydrogens is 268 g/mol. The summed E-state index contributed by atoms with van der Waals surface area (Å²) >= 11 is 5.75. The number of hydrogen-bond donors (Lipinski definition) is 0. The van der Waals surface area contributed by atoms with Crippen LogP contribution in [-0.2, 0) is 0 Å². The summed E-state index contributed by atoms with van der Waals surface area (Å²) in [5, 5.41) is 19.8. The number of hydrogen-bond acceptors (Lipinski definition) is 5. The fourth-order valence-corrected chi connectivity index (χ4v) is 1.73. The van der Waals surface area contributed by atoms with Gasteiger partial charge in [-0.3, -0.25) is 15.1 Å². The van der Waals surface area contributed by atoms with Gasteiger partial charge in [-0.15, -0.1) is 0 Å². The summed E-state index contributed by atoms with van der Waals surface area (Å²) in [6.07, 6.45) is 2.64. The summed E-state index contributed by atoms with van der Waals surface area (Å²) in [5.74, 6) is 0. The van der Waals surface area contributed by atoms with E-state index in [0.717, 1.165) is 0 Å². The maximum absolute atomic E-state index is 10.7. The monoisotopic (exact) mass is 274 g/mol. The molecule has 2 heterocycles. The predicted octanol–water partition coefficient (Wildman–Crippen LogP) is 2.89. The molecule has 0 aromatic carbocycles. The van der Waals surface area contributed by atoms with Gasteiger partial charge in [-0.25, -0.2) is 4.98 Å². The van der Waals surface area contributed by atoms with Crippen LogP contribution >= 0.6 is 11.6 Å². The Hall–Kier alpha value is -2.52. The van der Waals surface area contributed by atoms with E-state index in [4.69, 9.17) is 16.9 Å². The van der Waals surface area contributed by atoms with Gasteiger partial charge in [-0.2, -0.15) is 5.26 Å². The van der Waals surface area contributed by atoms with E-state index in [1.54, 1.807) is 6.92 Å². The molecule has 0 saturated carbocycles. The van der Waals surface area contributed by atoms with E-state index in [9.17, 15) is 10.1 Å². The zero-order valence-corrected chi connectivity index (χ0v) is 10.5. The van der Waals surface area contributed by atoms with E-state index in [-0.39, 0.29) is 16.4 Å². The Morgan fingerprint density at radius 3 is 2.74 bits per heavy atom. The molecule has 0 atom stereocenters. The predicted molar refractivity (Wildman–Crippen MR) is 68.6 cm³/mol. The van der Waals surface area contributed by atoms with Crippen LogP contribution in [0.5, 0.6) is 0 Å². The van der Waals surface area contributed by atoms with Crippen LogP contribution in [0.1, 0.15) is 11.3 Å². The number of nitriles is 1. The van der Waals surface area contributed by atoms with E-state index >= 15 is 0 Å². The van der Waals surface area contributed by atoms with Gasteiger partial charge < -0.3 is 0 Å². The van der Waals surface area contributed by atoms with Crippen molar-refractivity contribution >= 4 is 17.3 Å². The van der Waals surface area contributed by atoms with Crippen LogP contribution in [0.25, 0.3) is 11.1 Å². The molecule has 94 valence electrons. The van der Waals surface area contributed by atoms with Crippen molar-refractivity contribution in [3.8, 4) is 17.2 Å². The average Bonchev–Trinajstić information content (AvgIpc) is 2.40. The van der Waals surface area contributed by atoms with Crippen molar-refractivity contribution < 1.29 is 4.92 Å². The van der Waals surface area contributed by atoms with Crippen molar-refractivity contribution in [3.05, 3.63) is 51.1 Å². The highest BCUT2D eigenvalue weighted by Crippen LogP contribution is 2.27. The highest BCUT2D eigenvalue weighted by molar-refractivity contribution is 6.30. The molecule has 0 aliphatic heterocycles. The lowest BCUT2D eigenvalue weighted by Gasteiger charge is -2.05. The minimum atomic E-state index is -0.523. The summed E-state index contributed by atoms with van der Waals surface area (Å²) in [6, 6.07) is 4.84. The van der Waals surface area contributed by atoms with Gasteiger partial charge >= 0.3 is 0 Å². The Labute approximate surface area is 113 Å². The first kappa shape index (κ1) is 12.9. The number of rotatable bonds is 2. The molecule has 19 heavy (non-hydrogen) atoms. The zero-order chi connectivity index (χ0) is 14.0. The Kier molecular flexibility index (Phi) is 3.40. The van der Waals surface area contributed by atoms with E-state index in [2.05, 4.69) is 9.97 Å². The summed E-state index contributed by atoms with van der Waals surface area (Å²) < 4.78 is 0. The SMILES string of the molecule is Cc1ncc([N+](=O)[O-])cc1-c1cnc(Cl)c(C#N)c1. The molecule has 0 amide bonds. The molecule has 0 saturated heterocycles. The number of aryl methyl sites for hydroxylation is 1. The molecule has 0 unspecified atom stereocenters. The second-order valence-corrected chi connectivity index (χ2v) is 4.12. The molecule has 0 spiro atoms. The average molecular weight is 275 g/mol. The Balaban J connectivity index is 2.61. The molecule has 2 aromatic rings. The largest absolute Gasteiger partial charge is 0.288 e. The highest BCUT2D eigenvalue weighted by Gasteiger charge is 2.13. The minimum absolute atomic E-state index is 0.0993. The summed E-state index contributed by atoms with van der Waals surface area (Å²) in [5.41, 5.74) is 1.82. The van der Waals surface area contributed by atoms with Gasteiger partial charge in [0, 0.05) is 29.1 Å². The van der Waals surface area contributed by atoms with Crippen LogP contribution in [-0.4, -0.2) is 14.9 Å². The molecule has 0 fully saturated rings. The molecule has 2 rings (SSSR count). The van der Waals surface area contributed by atoms with Crippen molar-refractivity contribution in [1.82, 2.24) is 9.97 Å². The molecule has 0 aliphatic rings. The molecule has 6 nitrogen and oxygen atoms in total. The first-order valence-corrected chi connectivity index (χ1v) is 5.57. The zero-order valence-electron chi connectivity index (χ0n) is 9.79. The second-order valence-electron chi connectivity index (χ2n) is 3.76. The Bertz CT molecular complexity index is 709. The van der Waals surface area contributed by atoms with Crippen LogP contribution < -0.4 is 0 Å². The lowest BCUT2D eigenvalue weighted by Crippen LogP contribution is -1.95. The third kappa shape index (κ3) is 2.51. The first-order chi connectivity index (χ1) is 9.02. The van der Waals surface area contributed by atoms with E-state index < -0.39 is 4.92 Å². The first-order valence-electron chi connectivity index (χ1n) is 5.20. The van der Waals surface area contributed by atoms with Crippen molar-refractivity contribution in [2.24, 2.45) is 0 Å². The number of halogens is 1. The Morgan fingerprint density at radius 1 is 1.37 bits per heavy atom. The van der Waals surface area contributed by atoms with Gasteiger partial charge in [0.2, 0.25) is 0 Å². The van der Waals surface area contributed by atoms with E-state index in [1.165, 1.54) is 24.5 Å². The number of pyridine rings is 2. The highest BCUT2D eigenvalue weighted by atomic mass is 35.5. The Morgan fingerprint density at radius 2 is 2.11 bits per heavy atom. The minimum Gasteiger partial charge on any atom is -0.258 e. The standard InChI is InChI=1S/C12H7ClN4O2/c1-7-11(3-10(6-15-7)17(18)19)9-2-8(4-14)12(13)16-5-9/h2-3,5-6H,1H3. The van der Waals surface area contributed by atoms with Crippen molar-refractivity contribution in [2.75, 3.05) is 0 Å². The van der Waals surface area contributed by atoms with Gasteiger partial charge in [0.1, 0.15) is 17.4 Å². The number of aromatic nitrogens is 2. The molecule has 0 bridgehead atoms. The van der Waals surface area contributed by atoms with Gasteiger partial charge in [-0.05, 0) is 13.0 Å². The van der Waals surface area contributed by atoms with Gasteiger partial charge in [0.05, 0.1) is 10.5 Å². The maximum atomic E-state index is 10.7.